The summed E-state index contributed by atoms with van der Waals surface area (Å²) >= 11 is 5.17. The first-order valence-corrected chi connectivity index (χ1v) is 6.39. The van der Waals surface area contributed by atoms with Crippen LogP contribution in [0.1, 0.15) is 6.92 Å². The molecule has 1 nitrogen and oxygen atoms in total. The zero-order valence-electron chi connectivity index (χ0n) is 8.37. The average Bonchev–Trinajstić information content (AvgIpc) is 2.63. The van der Waals surface area contributed by atoms with Crippen molar-refractivity contribution >= 4 is 27.3 Å². The van der Waals surface area contributed by atoms with Gasteiger partial charge in [-0.3, -0.25) is 0 Å². The zero-order valence-corrected chi connectivity index (χ0v) is 10.8. The van der Waals surface area contributed by atoms with Gasteiger partial charge in [-0.1, -0.05) is 41.7 Å². The highest BCUT2D eigenvalue weighted by atomic mass is 79.9. The van der Waals surface area contributed by atoms with Gasteiger partial charge in [0.25, 0.3) is 0 Å². The predicted octanol–water partition coefficient (Wildman–Crippen LogP) is 4.58. The monoisotopic (exact) mass is 282 g/mol. The SMILES string of the molecule is CCOc1sc(-c2ccccc2)cc1Br. The first-order chi connectivity index (χ1) is 7.31. The minimum Gasteiger partial charge on any atom is -0.483 e. The number of benzene rings is 1. The van der Waals surface area contributed by atoms with Crippen LogP contribution in [0.2, 0.25) is 0 Å². The minimum atomic E-state index is 0.702. The summed E-state index contributed by atoms with van der Waals surface area (Å²) in [7, 11) is 0. The summed E-state index contributed by atoms with van der Waals surface area (Å²) in [5.41, 5.74) is 1.23. The van der Waals surface area contributed by atoms with Crippen LogP contribution >= 0.6 is 27.3 Å². The van der Waals surface area contributed by atoms with Crippen LogP contribution < -0.4 is 4.74 Å². The van der Waals surface area contributed by atoms with Gasteiger partial charge in [-0.05, 0) is 34.5 Å². The summed E-state index contributed by atoms with van der Waals surface area (Å²) in [4.78, 5) is 1.23. The van der Waals surface area contributed by atoms with E-state index in [4.69, 9.17) is 4.74 Å². The number of hydrogen-bond acceptors (Lipinski definition) is 2. The minimum absolute atomic E-state index is 0.702. The van der Waals surface area contributed by atoms with Crippen LogP contribution in [0, 0.1) is 0 Å². The molecule has 0 atom stereocenters. The second-order valence-electron chi connectivity index (χ2n) is 3.05. The molecule has 0 saturated heterocycles. The van der Waals surface area contributed by atoms with Crippen molar-refractivity contribution in [2.45, 2.75) is 6.92 Å². The number of hydrogen-bond donors (Lipinski definition) is 0. The normalized spacial score (nSPS) is 10.3. The van der Waals surface area contributed by atoms with Gasteiger partial charge in [0.2, 0.25) is 0 Å². The number of rotatable bonds is 3. The van der Waals surface area contributed by atoms with Gasteiger partial charge in [0.1, 0.15) is 0 Å². The van der Waals surface area contributed by atoms with Crippen molar-refractivity contribution in [3.63, 3.8) is 0 Å². The molecule has 3 heteroatoms. The van der Waals surface area contributed by atoms with Crippen LogP contribution in [0.5, 0.6) is 5.06 Å². The van der Waals surface area contributed by atoms with Crippen LogP contribution in [0.25, 0.3) is 10.4 Å². The fourth-order valence-electron chi connectivity index (χ4n) is 1.33. The van der Waals surface area contributed by atoms with Gasteiger partial charge in [0.05, 0.1) is 11.1 Å². The molecule has 0 aliphatic heterocycles. The lowest BCUT2D eigenvalue weighted by molar-refractivity contribution is 0.348. The molecule has 0 aliphatic rings. The Hall–Kier alpha value is -0.800. The van der Waals surface area contributed by atoms with E-state index >= 15 is 0 Å². The lowest BCUT2D eigenvalue weighted by atomic mass is 10.2. The molecule has 0 fully saturated rings. The van der Waals surface area contributed by atoms with E-state index in [2.05, 4.69) is 34.1 Å². The van der Waals surface area contributed by atoms with E-state index in [1.165, 1.54) is 10.4 Å². The van der Waals surface area contributed by atoms with Crippen molar-refractivity contribution < 1.29 is 4.74 Å². The molecule has 2 rings (SSSR count). The molecule has 0 aliphatic carbocycles. The molecule has 0 amide bonds. The van der Waals surface area contributed by atoms with E-state index in [9.17, 15) is 0 Å². The highest BCUT2D eigenvalue weighted by Crippen LogP contribution is 2.40. The smallest absolute Gasteiger partial charge is 0.188 e. The first-order valence-electron chi connectivity index (χ1n) is 4.79. The third kappa shape index (κ3) is 2.41. The lowest BCUT2D eigenvalue weighted by Gasteiger charge is -1.97. The Morgan fingerprint density at radius 2 is 2.00 bits per heavy atom. The Labute approximate surface area is 102 Å². The van der Waals surface area contributed by atoms with Crippen LogP contribution in [-0.4, -0.2) is 6.61 Å². The zero-order chi connectivity index (χ0) is 10.7. The highest BCUT2D eigenvalue weighted by molar-refractivity contribution is 9.10. The third-order valence-electron chi connectivity index (χ3n) is 1.99. The largest absolute Gasteiger partial charge is 0.483 e. The van der Waals surface area contributed by atoms with Crippen LogP contribution in [-0.2, 0) is 0 Å². The molecule has 1 heterocycles. The third-order valence-corrected chi connectivity index (χ3v) is 3.94. The molecule has 0 saturated carbocycles. The Kier molecular flexibility index (Phi) is 3.44. The van der Waals surface area contributed by atoms with Crippen LogP contribution in [0.15, 0.2) is 40.9 Å². The molecule has 0 N–H and O–H groups in total. The van der Waals surface area contributed by atoms with Crippen molar-refractivity contribution in [2.24, 2.45) is 0 Å². The average molecular weight is 283 g/mol. The Morgan fingerprint density at radius 1 is 1.27 bits per heavy atom. The molecule has 15 heavy (non-hydrogen) atoms. The summed E-state index contributed by atoms with van der Waals surface area (Å²) in [5, 5.41) is 0.955. The predicted molar refractivity (Wildman–Crippen MR) is 68.6 cm³/mol. The maximum atomic E-state index is 5.51. The second-order valence-corrected chi connectivity index (χ2v) is 4.91. The lowest BCUT2D eigenvalue weighted by Crippen LogP contribution is -1.87. The Bertz CT molecular complexity index is 436. The van der Waals surface area contributed by atoms with Gasteiger partial charge < -0.3 is 4.74 Å². The van der Waals surface area contributed by atoms with Crippen LogP contribution in [0.4, 0.5) is 0 Å². The van der Waals surface area contributed by atoms with E-state index in [1.54, 1.807) is 11.3 Å². The number of halogens is 1. The maximum Gasteiger partial charge on any atom is 0.188 e. The van der Waals surface area contributed by atoms with Crippen molar-refractivity contribution in [1.82, 2.24) is 0 Å². The van der Waals surface area contributed by atoms with E-state index in [-0.39, 0.29) is 0 Å². The van der Waals surface area contributed by atoms with E-state index in [1.807, 2.05) is 25.1 Å². The molecule has 2 aromatic rings. The molecule has 78 valence electrons. The second kappa shape index (κ2) is 4.81. The molecule has 0 bridgehead atoms. The Balaban J connectivity index is 2.34. The van der Waals surface area contributed by atoms with Gasteiger partial charge in [-0.15, -0.1) is 0 Å². The van der Waals surface area contributed by atoms with Crippen molar-refractivity contribution in [3.05, 3.63) is 40.9 Å². The van der Waals surface area contributed by atoms with Gasteiger partial charge in [-0.25, -0.2) is 0 Å². The standard InChI is InChI=1S/C12H11BrOS/c1-2-14-12-10(13)8-11(15-12)9-6-4-3-5-7-9/h3-8H,2H2,1H3. The molecule has 0 spiro atoms. The van der Waals surface area contributed by atoms with Crippen molar-refractivity contribution in [1.29, 1.82) is 0 Å². The van der Waals surface area contributed by atoms with Crippen molar-refractivity contribution in [3.8, 4) is 15.5 Å². The van der Waals surface area contributed by atoms with E-state index in [0.717, 1.165) is 9.54 Å². The van der Waals surface area contributed by atoms with Crippen LogP contribution in [0.3, 0.4) is 0 Å². The molecular weight excluding hydrogens is 272 g/mol. The highest BCUT2D eigenvalue weighted by Gasteiger charge is 2.08. The number of thiophene rings is 1. The van der Waals surface area contributed by atoms with Gasteiger partial charge in [0, 0.05) is 4.88 Å². The van der Waals surface area contributed by atoms with E-state index in [0.29, 0.717) is 6.61 Å². The van der Waals surface area contributed by atoms with Crippen molar-refractivity contribution in [2.75, 3.05) is 6.61 Å². The molecule has 1 aromatic carbocycles. The summed E-state index contributed by atoms with van der Waals surface area (Å²) in [5.74, 6) is 0. The van der Waals surface area contributed by atoms with E-state index < -0.39 is 0 Å². The fourth-order valence-corrected chi connectivity index (χ4v) is 3.03. The summed E-state index contributed by atoms with van der Waals surface area (Å²) in [6.45, 7) is 2.70. The van der Waals surface area contributed by atoms with Gasteiger partial charge in [-0.2, -0.15) is 0 Å². The molecule has 1 aromatic heterocycles. The van der Waals surface area contributed by atoms with Gasteiger partial charge >= 0.3 is 0 Å². The summed E-state index contributed by atoms with van der Waals surface area (Å²) in [6, 6.07) is 12.4. The summed E-state index contributed by atoms with van der Waals surface area (Å²) < 4.78 is 6.55. The first kappa shape index (κ1) is 10.7. The topological polar surface area (TPSA) is 9.23 Å². The number of ether oxygens (including phenoxy) is 1. The fraction of sp³-hybridized carbons (Fsp3) is 0.167. The Morgan fingerprint density at radius 3 is 2.67 bits per heavy atom. The molecule has 0 radical (unpaired) electrons. The molecular formula is C12H11BrOS. The van der Waals surface area contributed by atoms with Gasteiger partial charge in [0.15, 0.2) is 5.06 Å². The maximum absolute atomic E-state index is 5.51. The molecule has 0 unspecified atom stereocenters. The summed E-state index contributed by atoms with van der Waals surface area (Å²) in [6.07, 6.45) is 0. The quantitative estimate of drug-likeness (QED) is 0.801.